The number of hydrogen-bond acceptors (Lipinski definition) is 1. The Labute approximate surface area is 119 Å². The quantitative estimate of drug-likeness (QED) is 0.410. The Morgan fingerprint density at radius 1 is 1.05 bits per heavy atom. The van der Waals surface area contributed by atoms with Crippen molar-refractivity contribution in [2.24, 2.45) is 0 Å². The number of nitrogens with one attached hydrogen (secondary N) is 1. The predicted molar refractivity (Wildman–Crippen MR) is 82.9 cm³/mol. The van der Waals surface area contributed by atoms with Crippen molar-refractivity contribution in [1.82, 2.24) is 5.32 Å². The molecule has 1 unspecified atom stereocenters. The summed E-state index contributed by atoms with van der Waals surface area (Å²) >= 11 is 0. The van der Waals surface area contributed by atoms with Crippen molar-refractivity contribution < 1.29 is 4.79 Å². The predicted octanol–water partition coefficient (Wildman–Crippen LogP) is 4.44. The molecule has 0 rings (SSSR count). The van der Waals surface area contributed by atoms with Crippen molar-refractivity contribution in [2.45, 2.75) is 90.5 Å². The van der Waals surface area contributed by atoms with Crippen LogP contribution < -0.4 is 5.32 Å². The lowest BCUT2D eigenvalue weighted by atomic mass is 10.1. The van der Waals surface area contributed by atoms with E-state index >= 15 is 0 Å². The minimum absolute atomic E-state index is 0.107. The Balaban J connectivity index is 3.25. The second kappa shape index (κ2) is 13.5. The maximum absolute atomic E-state index is 11.6. The second-order valence-corrected chi connectivity index (χ2v) is 5.46. The van der Waals surface area contributed by atoms with E-state index in [1.54, 1.807) is 0 Å². The van der Waals surface area contributed by atoms with Gasteiger partial charge in [0.1, 0.15) is 0 Å². The fourth-order valence-electron chi connectivity index (χ4n) is 2.17. The molecule has 0 spiro atoms. The van der Waals surface area contributed by atoms with E-state index in [9.17, 15) is 4.79 Å². The molecule has 0 aromatic rings. The van der Waals surface area contributed by atoms with Crippen molar-refractivity contribution in [3.63, 3.8) is 0 Å². The molecule has 1 amide bonds. The SMILES string of the molecule is C#CCC(C)NC(=O)CCCCCCCCCCC. The van der Waals surface area contributed by atoms with Crippen LogP contribution >= 0.6 is 0 Å². The van der Waals surface area contributed by atoms with E-state index in [2.05, 4.69) is 18.2 Å². The van der Waals surface area contributed by atoms with Gasteiger partial charge in [-0.2, -0.15) is 0 Å². The molecular weight excluding hydrogens is 234 g/mol. The summed E-state index contributed by atoms with van der Waals surface area (Å²) in [6.45, 7) is 4.20. The van der Waals surface area contributed by atoms with E-state index < -0.39 is 0 Å². The van der Waals surface area contributed by atoms with Gasteiger partial charge in [-0.1, -0.05) is 58.3 Å². The Kier molecular flexibility index (Phi) is 12.8. The zero-order chi connectivity index (χ0) is 14.3. The summed E-state index contributed by atoms with van der Waals surface area (Å²) < 4.78 is 0. The Bertz CT molecular complexity index is 254. The molecule has 2 heteroatoms. The molecule has 19 heavy (non-hydrogen) atoms. The highest BCUT2D eigenvalue weighted by Gasteiger charge is 2.05. The summed E-state index contributed by atoms with van der Waals surface area (Å²) in [6.07, 6.45) is 18.0. The fourth-order valence-corrected chi connectivity index (χ4v) is 2.17. The Morgan fingerprint density at radius 2 is 1.58 bits per heavy atom. The molecule has 1 atom stereocenters. The summed E-state index contributed by atoms with van der Waals surface area (Å²) in [6, 6.07) is 0.107. The number of amides is 1. The van der Waals surface area contributed by atoms with E-state index in [0.717, 1.165) is 6.42 Å². The summed E-state index contributed by atoms with van der Waals surface area (Å²) in [7, 11) is 0. The minimum atomic E-state index is 0.107. The first-order valence-corrected chi connectivity index (χ1v) is 7.93. The van der Waals surface area contributed by atoms with Crippen molar-refractivity contribution in [3.8, 4) is 12.3 Å². The third-order valence-electron chi connectivity index (χ3n) is 3.34. The van der Waals surface area contributed by atoms with Crippen LogP contribution in [0.25, 0.3) is 0 Å². The first-order chi connectivity index (χ1) is 9.20. The van der Waals surface area contributed by atoms with Gasteiger partial charge in [0.15, 0.2) is 0 Å². The molecule has 0 heterocycles. The van der Waals surface area contributed by atoms with Gasteiger partial charge in [-0.25, -0.2) is 0 Å². The van der Waals surface area contributed by atoms with E-state index in [0.29, 0.717) is 12.8 Å². The maximum Gasteiger partial charge on any atom is 0.220 e. The largest absolute Gasteiger partial charge is 0.353 e. The molecule has 0 aromatic heterocycles. The van der Waals surface area contributed by atoms with Crippen LogP contribution in [0, 0.1) is 12.3 Å². The van der Waals surface area contributed by atoms with E-state index in [-0.39, 0.29) is 11.9 Å². The van der Waals surface area contributed by atoms with E-state index in [1.807, 2.05) is 6.92 Å². The number of carbonyl (C=O) groups is 1. The highest BCUT2D eigenvalue weighted by atomic mass is 16.1. The monoisotopic (exact) mass is 265 g/mol. The summed E-state index contributed by atoms with van der Waals surface area (Å²) in [5.41, 5.74) is 0. The Hall–Kier alpha value is -0.970. The van der Waals surface area contributed by atoms with Gasteiger partial charge in [-0.05, 0) is 13.3 Å². The molecule has 0 radical (unpaired) electrons. The smallest absolute Gasteiger partial charge is 0.220 e. The molecule has 0 saturated carbocycles. The molecule has 0 bridgehead atoms. The lowest BCUT2D eigenvalue weighted by Gasteiger charge is -2.10. The lowest BCUT2D eigenvalue weighted by Crippen LogP contribution is -2.31. The number of terminal acetylenes is 1. The van der Waals surface area contributed by atoms with Gasteiger partial charge in [0.2, 0.25) is 5.91 Å². The molecule has 0 aromatic carbocycles. The molecule has 2 nitrogen and oxygen atoms in total. The number of unbranched alkanes of at least 4 members (excludes halogenated alkanes) is 8. The maximum atomic E-state index is 11.6. The van der Waals surface area contributed by atoms with E-state index in [1.165, 1.54) is 51.4 Å². The molecule has 0 aliphatic rings. The van der Waals surface area contributed by atoms with Gasteiger partial charge in [0, 0.05) is 18.9 Å². The Morgan fingerprint density at radius 3 is 2.11 bits per heavy atom. The third kappa shape index (κ3) is 13.3. The molecule has 0 aliphatic heterocycles. The molecule has 0 aliphatic carbocycles. The van der Waals surface area contributed by atoms with Gasteiger partial charge in [-0.15, -0.1) is 12.3 Å². The number of rotatable bonds is 12. The van der Waals surface area contributed by atoms with Crippen LogP contribution in [0.2, 0.25) is 0 Å². The topological polar surface area (TPSA) is 29.1 Å². The standard InChI is InChI=1S/C17H31NO/c1-4-6-7-8-9-10-11-12-13-15-17(19)18-16(3)14-5-2/h2,16H,4,6-15H2,1,3H3,(H,18,19). The van der Waals surface area contributed by atoms with Crippen LogP contribution in [-0.4, -0.2) is 11.9 Å². The van der Waals surface area contributed by atoms with Gasteiger partial charge >= 0.3 is 0 Å². The van der Waals surface area contributed by atoms with Crippen molar-refractivity contribution in [3.05, 3.63) is 0 Å². The average molecular weight is 265 g/mol. The summed E-state index contributed by atoms with van der Waals surface area (Å²) in [4.78, 5) is 11.6. The first-order valence-electron chi connectivity index (χ1n) is 7.93. The highest BCUT2D eigenvalue weighted by molar-refractivity contribution is 5.76. The highest BCUT2D eigenvalue weighted by Crippen LogP contribution is 2.10. The zero-order valence-electron chi connectivity index (χ0n) is 12.8. The van der Waals surface area contributed by atoms with Crippen molar-refractivity contribution in [1.29, 1.82) is 0 Å². The lowest BCUT2D eigenvalue weighted by molar-refractivity contribution is -0.121. The first kappa shape index (κ1) is 18.0. The van der Waals surface area contributed by atoms with Crippen LogP contribution in [0.3, 0.4) is 0 Å². The summed E-state index contributed by atoms with van der Waals surface area (Å²) in [5, 5.41) is 2.92. The number of hydrogen-bond donors (Lipinski definition) is 1. The minimum Gasteiger partial charge on any atom is -0.353 e. The number of carbonyl (C=O) groups excluding carboxylic acids is 1. The fraction of sp³-hybridized carbons (Fsp3) is 0.824. The summed E-state index contributed by atoms with van der Waals surface area (Å²) in [5.74, 6) is 2.71. The van der Waals surface area contributed by atoms with Crippen molar-refractivity contribution >= 4 is 5.91 Å². The van der Waals surface area contributed by atoms with Gasteiger partial charge in [0.25, 0.3) is 0 Å². The van der Waals surface area contributed by atoms with Crippen LogP contribution in [0.4, 0.5) is 0 Å². The van der Waals surface area contributed by atoms with E-state index in [4.69, 9.17) is 6.42 Å². The average Bonchev–Trinajstić information content (AvgIpc) is 2.37. The molecule has 1 N–H and O–H groups in total. The molecule has 0 saturated heterocycles. The zero-order valence-corrected chi connectivity index (χ0v) is 12.8. The second-order valence-electron chi connectivity index (χ2n) is 5.46. The molecule has 0 fully saturated rings. The van der Waals surface area contributed by atoms with Gasteiger partial charge in [0.05, 0.1) is 0 Å². The van der Waals surface area contributed by atoms with Crippen LogP contribution in [0.5, 0.6) is 0 Å². The third-order valence-corrected chi connectivity index (χ3v) is 3.34. The van der Waals surface area contributed by atoms with Crippen LogP contribution in [-0.2, 0) is 4.79 Å². The van der Waals surface area contributed by atoms with Gasteiger partial charge < -0.3 is 5.32 Å². The van der Waals surface area contributed by atoms with Gasteiger partial charge in [-0.3, -0.25) is 4.79 Å². The molecular formula is C17H31NO. The van der Waals surface area contributed by atoms with Crippen molar-refractivity contribution in [2.75, 3.05) is 0 Å². The van der Waals surface area contributed by atoms with Crippen LogP contribution in [0.1, 0.15) is 84.5 Å². The normalized spacial score (nSPS) is 11.8. The molecule has 110 valence electrons. The van der Waals surface area contributed by atoms with Crippen LogP contribution in [0.15, 0.2) is 0 Å².